The van der Waals surface area contributed by atoms with Crippen molar-refractivity contribution in [1.82, 2.24) is 4.90 Å². The maximum Gasteiger partial charge on any atom is 0.334 e. The van der Waals surface area contributed by atoms with E-state index < -0.39 is 8.56 Å². The average Bonchev–Trinajstić information content (AvgIpc) is 2.28. The molecular formula is C11H27NO3Si. The predicted octanol–water partition coefficient (Wildman–Crippen LogP) is 1.30. The Balaban J connectivity index is 4.09. The first-order chi connectivity index (χ1) is 7.51. The lowest BCUT2D eigenvalue weighted by Gasteiger charge is -2.29. The van der Waals surface area contributed by atoms with Gasteiger partial charge in [-0.3, -0.25) is 0 Å². The van der Waals surface area contributed by atoms with Crippen LogP contribution in [0.5, 0.6) is 0 Å². The van der Waals surface area contributed by atoms with Crippen LogP contribution in [0.2, 0.25) is 12.6 Å². The number of nitrogens with zero attached hydrogens (tertiary/aromatic N) is 1. The van der Waals surface area contributed by atoms with E-state index in [1.54, 1.807) is 14.2 Å². The molecule has 0 aliphatic rings. The van der Waals surface area contributed by atoms with Crippen LogP contribution in [0.25, 0.3) is 0 Å². The van der Waals surface area contributed by atoms with Gasteiger partial charge in [0.15, 0.2) is 0 Å². The van der Waals surface area contributed by atoms with Crippen molar-refractivity contribution in [2.45, 2.75) is 26.4 Å². The molecule has 1 atom stereocenters. The highest BCUT2D eigenvalue weighted by Gasteiger charge is 2.31. The molecule has 0 aromatic rings. The summed E-state index contributed by atoms with van der Waals surface area (Å²) in [4.78, 5) is 2.25. The molecule has 0 aromatic heterocycles. The molecule has 1 unspecified atom stereocenters. The fourth-order valence-electron chi connectivity index (χ4n) is 1.91. The van der Waals surface area contributed by atoms with Crippen LogP contribution in [-0.4, -0.2) is 59.0 Å². The first kappa shape index (κ1) is 16.1. The van der Waals surface area contributed by atoms with Crippen molar-refractivity contribution in [2.75, 3.05) is 40.5 Å². The minimum absolute atomic E-state index is 0.226. The van der Waals surface area contributed by atoms with Crippen LogP contribution in [-0.2, 0) is 8.85 Å². The van der Waals surface area contributed by atoms with Gasteiger partial charge < -0.3 is 18.9 Å². The lowest BCUT2D eigenvalue weighted by Crippen LogP contribution is -2.40. The Bertz CT molecular complexity index is 177. The van der Waals surface area contributed by atoms with Crippen molar-refractivity contribution in [3.8, 4) is 0 Å². The van der Waals surface area contributed by atoms with E-state index in [4.69, 9.17) is 14.0 Å². The number of aliphatic hydroxyl groups is 1. The molecule has 0 heterocycles. The monoisotopic (exact) mass is 249 g/mol. The van der Waals surface area contributed by atoms with Crippen LogP contribution in [0.3, 0.4) is 0 Å². The number of hydrogen-bond donors (Lipinski definition) is 1. The lowest BCUT2D eigenvalue weighted by molar-refractivity contribution is 0.181. The maximum absolute atomic E-state index is 8.92. The standard InChI is InChI=1S/C11H27NO3Si/c1-6-12(7-8-13)9-11(2)10-16(5,14-3)15-4/h11,13H,6-10H2,1-5H3. The Labute approximate surface area is 101 Å². The quantitative estimate of drug-likeness (QED) is 0.626. The van der Waals surface area contributed by atoms with Gasteiger partial charge in [0, 0.05) is 27.3 Å². The highest BCUT2D eigenvalue weighted by Crippen LogP contribution is 2.19. The second-order valence-corrected chi connectivity index (χ2v) is 7.96. The SMILES string of the molecule is CCN(CCO)CC(C)C[Si](C)(OC)OC. The fourth-order valence-corrected chi connectivity index (χ4v) is 3.80. The predicted molar refractivity (Wildman–Crippen MR) is 68.8 cm³/mol. The van der Waals surface area contributed by atoms with E-state index in [0.29, 0.717) is 5.92 Å². The van der Waals surface area contributed by atoms with E-state index in [0.717, 1.165) is 25.7 Å². The van der Waals surface area contributed by atoms with Crippen molar-refractivity contribution in [3.63, 3.8) is 0 Å². The summed E-state index contributed by atoms with van der Waals surface area (Å²) in [5, 5.41) is 8.92. The number of hydrogen-bond acceptors (Lipinski definition) is 4. The van der Waals surface area contributed by atoms with E-state index >= 15 is 0 Å². The first-order valence-corrected chi connectivity index (χ1v) is 8.47. The van der Waals surface area contributed by atoms with Crippen molar-refractivity contribution >= 4 is 8.56 Å². The third-order valence-corrected chi connectivity index (χ3v) is 6.18. The van der Waals surface area contributed by atoms with Crippen molar-refractivity contribution < 1.29 is 14.0 Å². The summed E-state index contributed by atoms with van der Waals surface area (Å²) < 4.78 is 11.0. The zero-order valence-corrected chi connectivity index (χ0v) is 12.3. The topological polar surface area (TPSA) is 41.9 Å². The molecule has 0 aliphatic heterocycles. The zero-order chi connectivity index (χ0) is 12.6. The highest BCUT2D eigenvalue weighted by atomic mass is 28.4. The average molecular weight is 249 g/mol. The van der Waals surface area contributed by atoms with E-state index in [-0.39, 0.29) is 6.61 Å². The molecule has 0 fully saturated rings. The van der Waals surface area contributed by atoms with Gasteiger partial charge in [-0.2, -0.15) is 0 Å². The summed E-state index contributed by atoms with van der Waals surface area (Å²) in [5.41, 5.74) is 0. The second-order valence-electron chi connectivity index (χ2n) is 4.47. The van der Waals surface area contributed by atoms with Crippen LogP contribution < -0.4 is 0 Å². The molecule has 0 saturated heterocycles. The van der Waals surface area contributed by atoms with Gasteiger partial charge in [0.25, 0.3) is 0 Å². The molecule has 4 nitrogen and oxygen atoms in total. The van der Waals surface area contributed by atoms with Crippen LogP contribution in [0, 0.1) is 5.92 Å². The van der Waals surface area contributed by atoms with E-state index in [2.05, 4.69) is 25.3 Å². The van der Waals surface area contributed by atoms with E-state index in [1.807, 2.05) is 0 Å². The number of aliphatic hydroxyl groups excluding tert-OH is 1. The molecule has 5 heteroatoms. The molecule has 1 N–H and O–H groups in total. The van der Waals surface area contributed by atoms with E-state index in [1.165, 1.54) is 0 Å². The third kappa shape index (κ3) is 5.96. The molecule has 0 rings (SSSR count). The Hall–Kier alpha value is 0.0569. The van der Waals surface area contributed by atoms with Gasteiger partial charge in [0.05, 0.1) is 6.61 Å². The number of rotatable bonds is 9. The molecule has 0 spiro atoms. The fraction of sp³-hybridized carbons (Fsp3) is 1.00. The molecule has 0 saturated carbocycles. The molecular weight excluding hydrogens is 222 g/mol. The zero-order valence-electron chi connectivity index (χ0n) is 11.3. The Morgan fingerprint density at radius 1 is 1.31 bits per heavy atom. The Morgan fingerprint density at radius 3 is 2.25 bits per heavy atom. The molecule has 0 amide bonds. The van der Waals surface area contributed by atoms with Gasteiger partial charge in [-0.25, -0.2) is 0 Å². The van der Waals surface area contributed by atoms with Crippen LogP contribution in [0.15, 0.2) is 0 Å². The molecule has 0 radical (unpaired) electrons. The summed E-state index contributed by atoms with van der Waals surface area (Å²) in [6.07, 6.45) is 0. The third-order valence-electron chi connectivity index (χ3n) is 3.02. The normalized spacial score (nSPS) is 14.4. The van der Waals surface area contributed by atoms with Gasteiger partial charge in [-0.15, -0.1) is 0 Å². The number of likely N-dealkylation sites (N-methyl/N-ethyl adjacent to an activating group) is 1. The summed E-state index contributed by atoms with van der Waals surface area (Å²) >= 11 is 0. The van der Waals surface area contributed by atoms with Crippen LogP contribution >= 0.6 is 0 Å². The molecule has 98 valence electrons. The lowest BCUT2D eigenvalue weighted by atomic mass is 10.2. The van der Waals surface area contributed by atoms with Gasteiger partial charge in [0.1, 0.15) is 0 Å². The van der Waals surface area contributed by atoms with Crippen molar-refractivity contribution in [1.29, 1.82) is 0 Å². The van der Waals surface area contributed by atoms with Crippen molar-refractivity contribution in [2.24, 2.45) is 5.92 Å². The molecule has 0 bridgehead atoms. The second kappa shape index (κ2) is 8.19. The highest BCUT2D eigenvalue weighted by molar-refractivity contribution is 6.66. The first-order valence-electron chi connectivity index (χ1n) is 5.94. The van der Waals surface area contributed by atoms with Gasteiger partial charge >= 0.3 is 8.56 Å². The smallest absolute Gasteiger partial charge is 0.334 e. The Kier molecular flexibility index (Phi) is 8.22. The van der Waals surface area contributed by atoms with Gasteiger partial charge in [0.2, 0.25) is 0 Å². The molecule has 16 heavy (non-hydrogen) atoms. The van der Waals surface area contributed by atoms with Crippen LogP contribution in [0.1, 0.15) is 13.8 Å². The van der Waals surface area contributed by atoms with Crippen LogP contribution in [0.4, 0.5) is 0 Å². The maximum atomic E-state index is 8.92. The minimum atomic E-state index is -1.95. The molecule has 0 aromatic carbocycles. The van der Waals surface area contributed by atoms with Gasteiger partial charge in [-0.1, -0.05) is 13.8 Å². The summed E-state index contributed by atoms with van der Waals surface area (Å²) in [6, 6.07) is 0.988. The summed E-state index contributed by atoms with van der Waals surface area (Å²) in [7, 11) is 1.51. The molecule has 0 aliphatic carbocycles. The Morgan fingerprint density at radius 2 is 1.88 bits per heavy atom. The largest absolute Gasteiger partial charge is 0.398 e. The van der Waals surface area contributed by atoms with Crippen molar-refractivity contribution in [3.05, 3.63) is 0 Å². The summed E-state index contributed by atoms with van der Waals surface area (Å²) in [6.45, 7) is 9.36. The summed E-state index contributed by atoms with van der Waals surface area (Å²) in [5.74, 6) is 0.531. The minimum Gasteiger partial charge on any atom is -0.398 e. The van der Waals surface area contributed by atoms with Gasteiger partial charge in [-0.05, 0) is 25.1 Å². The van der Waals surface area contributed by atoms with E-state index in [9.17, 15) is 0 Å².